The predicted octanol–water partition coefficient (Wildman–Crippen LogP) is 4.04. The number of carbonyl (C=O) groups excluding carboxylic acids is 2. The van der Waals surface area contributed by atoms with Crippen molar-refractivity contribution in [2.24, 2.45) is 0 Å². The lowest BCUT2D eigenvalue weighted by molar-refractivity contribution is -0.145. The molecule has 5 nitrogen and oxygen atoms in total. The third-order valence-electron chi connectivity index (χ3n) is 5.12. The summed E-state index contributed by atoms with van der Waals surface area (Å²) in [5.74, 6) is 0.0116. The van der Waals surface area contributed by atoms with Crippen LogP contribution in [0.2, 0.25) is 0 Å². The summed E-state index contributed by atoms with van der Waals surface area (Å²) < 4.78 is 19.0. The fourth-order valence-electron chi connectivity index (χ4n) is 3.63. The van der Waals surface area contributed by atoms with E-state index >= 15 is 0 Å². The Kier molecular flexibility index (Phi) is 6.27. The van der Waals surface area contributed by atoms with Gasteiger partial charge in [0.25, 0.3) is 0 Å². The Labute approximate surface area is 175 Å². The fraction of sp³-hybridized carbons (Fsp3) is 0.455. The molecule has 1 aliphatic heterocycles. The number of thiophene rings is 1. The van der Waals surface area contributed by atoms with E-state index in [1.54, 1.807) is 33.3 Å². The zero-order chi connectivity index (χ0) is 21.2. The van der Waals surface area contributed by atoms with Crippen molar-refractivity contribution in [3.63, 3.8) is 0 Å². The van der Waals surface area contributed by atoms with E-state index in [9.17, 15) is 14.0 Å². The molecular formula is C22H27FN2O3S. The van der Waals surface area contributed by atoms with Crippen LogP contribution in [-0.4, -0.2) is 46.8 Å². The average Bonchev–Trinajstić information content (AvgIpc) is 3.13. The van der Waals surface area contributed by atoms with E-state index in [-0.39, 0.29) is 36.8 Å². The molecule has 156 valence electrons. The Morgan fingerprint density at radius 1 is 1.24 bits per heavy atom. The first-order valence-corrected chi connectivity index (χ1v) is 10.6. The minimum atomic E-state index is -0.440. The zero-order valence-corrected chi connectivity index (χ0v) is 18.1. The summed E-state index contributed by atoms with van der Waals surface area (Å²) in [5, 5.41) is 2.03. The number of hydrogen-bond donors (Lipinski definition) is 0. The molecular weight excluding hydrogens is 391 g/mol. The van der Waals surface area contributed by atoms with Crippen molar-refractivity contribution in [1.82, 2.24) is 9.80 Å². The molecule has 0 saturated heterocycles. The maximum absolute atomic E-state index is 13.2. The number of fused-ring (bicyclic) bond motifs is 1. The maximum atomic E-state index is 13.2. The summed E-state index contributed by atoms with van der Waals surface area (Å²) in [6.45, 7) is 8.14. The standard InChI is InChI=1S/C22H27FN2O3S/c1-15(26)25(22(2,3)4)13-21(27)24-11-9-20-18(10-12-29-20)19(24)14-28-17-7-5-16(23)6-8-17/h5-8,10,12,19H,9,11,13-14H2,1-4H3. The van der Waals surface area contributed by atoms with E-state index in [1.807, 2.05) is 32.2 Å². The number of carbonyl (C=O) groups is 2. The van der Waals surface area contributed by atoms with Crippen LogP contribution in [-0.2, 0) is 16.0 Å². The number of rotatable bonds is 5. The first-order valence-electron chi connectivity index (χ1n) is 9.69. The summed E-state index contributed by atoms with van der Waals surface area (Å²) in [6.07, 6.45) is 0.793. The van der Waals surface area contributed by atoms with Crippen LogP contribution in [0.15, 0.2) is 35.7 Å². The van der Waals surface area contributed by atoms with E-state index in [0.717, 1.165) is 12.0 Å². The molecule has 1 unspecified atom stereocenters. The molecule has 0 spiro atoms. The molecule has 1 aliphatic rings. The van der Waals surface area contributed by atoms with Crippen molar-refractivity contribution in [2.75, 3.05) is 19.7 Å². The van der Waals surface area contributed by atoms with Gasteiger partial charge in [-0.15, -0.1) is 11.3 Å². The summed E-state index contributed by atoms with van der Waals surface area (Å²) in [4.78, 5) is 29.9. The molecule has 2 heterocycles. The predicted molar refractivity (Wildman–Crippen MR) is 112 cm³/mol. The second kappa shape index (κ2) is 8.53. The summed E-state index contributed by atoms with van der Waals surface area (Å²) in [5.41, 5.74) is 0.645. The van der Waals surface area contributed by atoms with Gasteiger partial charge in [0.2, 0.25) is 11.8 Å². The Morgan fingerprint density at radius 3 is 2.55 bits per heavy atom. The van der Waals surface area contributed by atoms with E-state index in [2.05, 4.69) is 0 Å². The van der Waals surface area contributed by atoms with Crippen LogP contribution in [0.4, 0.5) is 4.39 Å². The number of hydrogen-bond acceptors (Lipinski definition) is 4. The van der Waals surface area contributed by atoms with Crippen molar-refractivity contribution in [2.45, 2.75) is 45.7 Å². The SMILES string of the molecule is CC(=O)N(CC(=O)N1CCc2sccc2C1COc1ccc(F)cc1)C(C)(C)C. The molecule has 2 aromatic rings. The number of ether oxygens (including phenoxy) is 1. The van der Waals surface area contributed by atoms with Crippen LogP contribution in [0.5, 0.6) is 5.75 Å². The minimum Gasteiger partial charge on any atom is -0.491 e. The molecule has 2 amide bonds. The molecule has 0 N–H and O–H groups in total. The normalized spacial score (nSPS) is 16.3. The van der Waals surface area contributed by atoms with E-state index in [0.29, 0.717) is 12.3 Å². The van der Waals surface area contributed by atoms with Gasteiger partial charge in [0.15, 0.2) is 0 Å². The van der Waals surface area contributed by atoms with Crippen LogP contribution in [0.1, 0.15) is 44.2 Å². The minimum absolute atomic E-state index is 0.0331. The van der Waals surface area contributed by atoms with Gasteiger partial charge in [-0.2, -0.15) is 0 Å². The van der Waals surface area contributed by atoms with Gasteiger partial charge in [0.1, 0.15) is 24.7 Å². The molecule has 29 heavy (non-hydrogen) atoms. The third kappa shape index (κ3) is 4.96. The Hall–Kier alpha value is -2.41. The van der Waals surface area contributed by atoms with Crippen LogP contribution in [0.3, 0.4) is 0 Å². The van der Waals surface area contributed by atoms with Gasteiger partial charge in [0, 0.05) is 23.9 Å². The summed E-state index contributed by atoms with van der Waals surface area (Å²) >= 11 is 1.68. The molecule has 0 aliphatic carbocycles. The lowest BCUT2D eigenvalue weighted by Crippen LogP contribution is -2.52. The van der Waals surface area contributed by atoms with Crippen molar-refractivity contribution in [3.05, 3.63) is 52.0 Å². The molecule has 1 aromatic heterocycles. The zero-order valence-electron chi connectivity index (χ0n) is 17.3. The fourth-order valence-corrected chi connectivity index (χ4v) is 4.56. The Bertz CT molecular complexity index is 873. The van der Waals surface area contributed by atoms with E-state index in [4.69, 9.17) is 4.74 Å². The third-order valence-corrected chi connectivity index (χ3v) is 6.12. The Balaban J connectivity index is 1.79. The lowest BCUT2D eigenvalue weighted by Gasteiger charge is -2.39. The molecule has 1 atom stereocenters. The van der Waals surface area contributed by atoms with E-state index < -0.39 is 5.54 Å². The van der Waals surface area contributed by atoms with Crippen molar-refractivity contribution in [3.8, 4) is 5.75 Å². The topological polar surface area (TPSA) is 49.9 Å². The number of amides is 2. The molecule has 0 fully saturated rings. The maximum Gasteiger partial charge on any atom is 0.242 e. The van der Waals surface area contributed by atoms with Crippen molar-refractivity contribution in [1.29, 1.82) is 0 Å². The second-order valence-corrected chi connectivity index (χ2v) is 9.19. The molecule has 7 heteroatoms. The second-order valence-electron chi connectivity index (χ2n) is 8.19. The molecule has 0 bridgehead atoms. The van der Waals surface area contributed by atoms with Gasteiger partial charge < -0.3 is 14.5 Å². The highest BCUT2D eigenvalue weighted by Crippen LogP contribution is 2.34. The first kappa shape index (κ1) is 21.3. The number of nitrogens with zero attached hydrogens (tertiary/aromatic N) is 2. The smallest absolute Gasteiger partial charge is 0.242 e. The lowest BCUT2D eigenvalue weighted by atomic mass is 10.00. The van der Waals surface area contributed by atoms with Crippen LogP contribution >= 0.6 is 11.3 Å². The molecule has 1 aromatic carbocycles. The highest BCUT2D eigenvalue weighted by Gasteiger charge is 2.35. The van der Waals surface area contributed by atoms with Crippen molar-refractivity contribution < 1.29 is 18.7 Å². The average molecular weight is 419 g/mol. The summed E-state index contributed by atoms with van der Waals surface area (Å²) in [7, 11) is 0. The highest BCUT2D eigenvalue weighted by atomic mass is 32.1. The largest absolute Gasteiger partial charge is 0.491 e. The number of benzene rings is 1. The van der Waals surface area contributed by atoms with Gasteiger partial charge in [0.05, 0.1) is 6.04 Å². The molecule has 3 rings (SSSR count). The highest BCUT2D eigenvalue weighted by molar-refractivity contribution is 7.10. The molecule has 0 saturated carbocycles. The Morgan fingerprint density at radius 2 is 1.93 bits per heavy atom. The van der Waals surface area contributed by atoms with Gasteiger partial charge in [-0.25, -0.2) is 4.39 Å². The van der Waals surface area contributed by atoms with Crippen molar-refractivity contribution >= 4 is 23.2 Å². The van der Waals surface area contributed by atoms with Gasteiger partial charge >= 0.3 is 0 Å². The molecule has 0 radical (unpaired) electrons. The van der Waals surface area contributed by atoms with Gasteiger partial charge in [-0.3, -0.25) is 9.59 Å². The van der Waals surface area contributed by atoms with Crippen LogP contribution in [0.25, 0.3) is 0 Å². The van der Waals surface area contributed by atoms with Gasteiger partial charge in [-0.05, 0) is 68.5 Å². The van der Waals surface area contributed by atoms with E-state index in [1.165, 1.54) is 23.9 Å². The van der Waals surface area contributed by atoms with Crippen LogP contribution in [0, 0.1) is 5.82 Å². The number of halogens is 1. The van der Waals surface area contributed by atoms with Crippen LogP contribution < -0.4 is 4.74 Å². The first-order chi connectivity index (χ1) is 13.7. The quantitative estimate of drug-likeness (QED) is 0.736. The monoisotopic (exact) mass is 418 g/mol. The summed E-state index contributed by atoms with van der Waals surface area (Å²) in [6, 6.07) is 7.65. The van der Waals surface area contributed by atoms with Gasteiger partial charge in [-0.1, -0.05) is 0 Å².